The predicted octanol–water partition coefficient (Wildman–Crippen LogP) is 4.94. The summed E-state index contributed by atoms with van der Waals surface area (Å²) in [5.41, 5.74) is 2.86. The highest BCUT2D eigenvalue weighted by Gasteiger charge is 2.08. The van der Waals surface area contributed by atoms with Gasteiger partial charge in [0.25, 0.3) is 0 Å². The molecule has 0 amide bonds. The van der Waals surface area contributed by atoms with Crippen molar-refractivity contribution in [1.29, 1.82) is 0 Å². The standard InChI is InChI=1S/C18H21F2N3/c1-5-23(4)11-21-18-8-13(3)17(10-16(18)20)22-14-7-6-12(2)15(19)9-14/h6-11,22H,5H2,1-4H3. The number of halogens is 2. The lowest BCUT2D eigenvalue weighted by Gasteiger charge is -2.12. The summed E-state index contributed by atoms with van der Waals surface area (Å²) in [6, 6.07) is 7.89. The van der Waals surface area contributed by atoms with E-state index < -0.39 is 5.82 Å². The first-order valence-corrected chi connectivity index (χ1v) is 7.48. The van der Waals surface area contributed by atoms with Crippen molar-refractivity contribution in [3.63, 3.8) is 0 Å². The predicted molar refractivity (Wildman–Crippen MR) is 92.0 cm³/mol. The Morgan fingerprint density at radius 1 is 1.09 bits per heavy atom. The molecule has 0 aliphatic heterocycles. The van der Waals surface area contributed by atoms with Crippen LogP contribution in [0.5, 0.6) is 0 Å². The van der Waals surface area contributed by atoms with Gasteiger partial charge in [0.1, 0.15) is 11.5 Å². The van der Waals surface area contributed by atoms with Gasteiger partial charge in [0.15, 0.2) is 5.82 Å². The second-order valence-electron chi connectivity index (χ2n) is 5.53. The van der Waals surface area contributed by atoms with E-state index in [-0.39, 0.29) is 11.5 Å². The fourth-order valence-electron chi connectivity index (χ4n) is 1.97. The molecule has 0 aliphatic carbocycles. The van der Waals surface area contributed by atoms with E-state index in [9.17, 15) is 8.78 Å². The van der Waals surface area contributed by atoms with E-state index in [1.807, 2.05) is 25.8 Å². The zero-order valence-corrected chi connectivity index (χ0v) is 13.8. The fourth-order valence-corrected chi connectivity index (χ4v) is 1.97. The average Bonchev–Trinajstić information content (AvgIpc) is 2.52. The number of nitrogens with zero attached hydrogens (tertiary/aromatic N) is 2. The minimum Gasteiger partial charge on any atom is -0.366 e. The third-order valence-electron chi connectivity index (χ3n) is 3.64. The van der Waals surface area contributed by atoms with Gasteiger partial charge in [-0.15, -0.1) is 0 Å². The third-order valence-corrected chi connectivity index (χ3v) is 3.64. The van der Waals surface area contributed by atoms with E-state index >= 15 is 0 Å². The Kier molecular flexibility index (Phi) is 5.32. The van der Waals surface area contributed by atoms with Crippen LogP contribution in [0.15, 0.2) is 35.3 Å². The second kappa shape index (κ2) is 7.22. The summed E-state index contributed by atoms with van der Waals surface area (Å²) in [5, 5.41) is 3.04. The molecule has 0 saturated carbocycles. The molecule has 122 valence electrons. The Bertz CT molecular complexity index is 726. The number of benzene rings is 2. The quantitative estimate of drug-likeness (QED) is 0.625. The number of aliphatic imine (C=N–C) groups is 1. The minimum absolute atomic E-state index is 0.281. The second-order valence-corrected chi connectivity index (χ2v) is 5.53. The molecule has 3 nitrogen and oxygen atoms in total. The smallest absolute Gasteiger partial charge is 0.150 e. The molecule has 0 spiro atoms. The number of anilines is 2. The monoisotopic (exact) mass is 317 g/mol. The first-order valence-electron chi connectivity index (χ1n) is 7.48. The average molecular weight is 317 g/mol. The van der Waals surface area contributed by atoms with Gasteiger partial charge in [-0.25, -0.2) is 13.8 Å². The number of aryl methyl sites for hydroxylation is 2. The molecule has 0 aliphatic rings. The highest BCUT2D eigenvalue weighted by molar-refractivity contribution is 5.68. The summed E-state index contributed by atoms with van der Waals surface area (Å²) in [5.74, 6) is -0.719. The van der Waals surface area contributed by atoms with Crippen LogP contribution in [0.1, 0.15) is 18.1 Å². The highest BCUT2D eigenvalue weighted by Crippen LogP contribution is 2.28. The van der Waals surface area contributed by atoms with E-state index in [0.29, 0.717) is 16.9 Å². The van der Waals surface area contributed by atoms with Crippen LogP contribution in [-0.2, 0) is 0 Å². The van der Waals surface area contributed by atoms with Gasteiger partial charge in [0, 0.05) is 25.0 Å². The maximum atomic E-state index is 14.2. The minimum atomic E-state index is -0.425. The van der Waals surface area contributed by atoms with Crippen molar-refractivity contribution in [1.82, 2.24) is 4.90 Å². The summed E-state index contributed by atoms with van der Waals surface area (Å²) in [4.78, 5) is 6.01. The van der Waals surface area contributed by atoms with Crippen molar-refractivity contribution in [3.8, 4) is 0 Å². The molecule has 2 aromatic rings. The van der Waals surface area contributed by atoms with Crippen LogP contribution in [0.3, 0.4) is 0 Å². The summed E-state index contributed by atoms with van der Waals surface area (Å²) >= 11 is 0. The van der Waals surface area contributed by atoms with E-state index in [0.717, 1.165) is 12.1 Å². The van der Waals surface area contributed by atoms with Crippen molar-refractivity contribution in [2.75, 3.05) is 18.9 Å². The zero-order valence-electron chi connectivity index (χ0n) is 13.8. The van der Waals surface area contributed by atoms with Gasteiger partial charge in [-0.3, -0.25) is 0 Å². The van der Waals surface area contributed by atoms with E-state index in [1.165, 1.54) is 12.1 Å². The molecular formula is C18H21F2N3. The molecule has 2 rings (SSSR count). The molecule has 0 fully saturated rings. The van der Waals surface area contributed by atoms with Crippen LogP contribution < -0.4 is 5.32 Å². The SMILES string of the molecule is CCN(C)C=Nc1cc(C)c(Nc2ccc(C)c(F)c2)cc1F. The van der Waals surface area contributed by atoms with Gasteiger partial charge >= 0.3 is 0 Å². The molecule has 1 N–H and O–H groups in total. The number of rotatable bonds is 5. The van der Waals surface area contributed by atoms with Crippen molar-refractivity contribution < 1.29 is 8.78 Å². The Morgan fingerprint density at radius 2 is 1.83 bits per heavy atom. The van der Waals surface area contributed by atoms with Crippen molar-refractivity contribution >= 4 is 23.4 Å². The van der Waals surface area contributed by atoms with Crippen molar-refractivity contribution in [2.24, 2.45) is 4.99 Å². The lowest BCUT2D eigenvalue weighted by atomic mass is 10.1. The molecule has 0 unspecified atom stereocenters. The molecule has 0 atom stereocenters. The molecule has 2 aromatic carbocycles. The maximum Gasteiger partial charge on any atom is 0.150 e. The van der Waals surface area contributed by atoms with E-state index in [1.54, 1.807) is 31.5 Å². The molecule has 0 aromatic heterocycles. The van der Waals surface area contributed by atoms with Crippen LogP contribution in [0.2, 0.25) is 0 Å². The lowest BCUT2D eigenvalue weighted by molar-refractivity contribution is 0.551. The number of nitrogens with one attached hydrogen (secondary N) is 1. The zero-order chi connectivity index (χ0) is 17.0. The first-order chi connectivity index (χ1) is 10.9. The molecule has 23 heavy (non-hydrogen) atoms. The normalized spacial score (nSPS) is 11.0. The first kappa shape index (κ1) is 16.9. The molecule has 0 saturated heterocycles. The molecule has 0 bridgehead atoms. The topological polar surface area (TPSA) is 27.6 Å². The molecule has 0 heterocycles. The molecule has 0 radical (unpaired) electrons. The van der Waals surface area contributed by atoms with Crippen LogP contribution in [0.4, 0.5) is 25.8 Å². The van der Waals surface area contributed by atoms with Gasteiger partial charge < -0.3 is 10.2 Å². The maximum absolute atomic E-state index is 14.2. The Balaban J connectivity index is 2.25. The van der Waals surface area contributed by atoms with E-state index in [4.69, 9.17) is 0 Å². The van der Waals surface area contributed by atoms with Gasteiger partial charge in [0.05, 0.1) is 6.34 Å². The van der Waals surface area contributed by atoms with Crippen LogP contribution in [-0.4, -0.2) is 24.8 Å². The molecule has 5 heteroatoms. The lowest BCUT2D eigenvalue weighted by Crippen LogP contribution is -2.14. The van der Waals surface area contributed by atoms with Gasteiger partial charge in [-0.2, -0.15) is 0 Å². The fraction of sp³-hybridized carbons (Fsp3) is 0.278. The van der Waals surface area contributed by atoms with Gasteiger partial charge in [0.2, 0.25) is 0 Å². The summed E-state index contributed by atoms with van der Waals surface area (Å²) in [7, 11) is 1.87. The Labute approximate surface area is 135 Å². The van der Waals surface area contributed by atoms with Crippen LogP contribution >= 0.6 is 0 Å². The number of hydrogen-bond acceptors (Lipinski definition) is 2. The Hall–Kier alpha value is -2.43. The highest BCUT2D eigenvalue weighted by atomic mass is 19.1. The van der Waals surface area contributed by atoms with Crippen LogP contribution in [0, 0.1) is 25.5 Å². The molecular weight excluding hydrogens is 296 g/mol. The van der Waals surface area contributed by atoms with Gasteiger partial charge in [-0.1, -0.05) is 6.07 Å². The van der Waals surface area contributed by atoms with Crippen molar-refractivity contribution in [3.05, 3.63) is 53.1 Å². The van der Waals surface area contributed by atoms with Crippen molar-refractivity contribution in [2.45, 2.75) is 20.8 Å². The van der Waals surface area contributed by atoms with Crippen LogP contribution in [0.25, 0.3) is 0 Å². The Morgan fingerprint density at radius 3 is 2.48 bits per heavy atom. The summed E-state index contributed by atoms with van der Waals surface area (Å²) in [6.45, 7) is 6.34. The van der Waals surface area contributed by atoms with E-state index in [2.05, 4.69) is 10.3 Å². The summed E-state index contributed by atoms with van der Waals surface area (Å²) in [6.07, 6.45) is 1.60. The largest absolute Gasteiger partial charge is 0.366 e. The number of hydrogen-bond donors (Lipinski definition) is 1. The van der Waals surface area contributed by atoms with Gasteiger partial charge in [-0.05, 0) is 56.2 Å². The third kappa shape index (κ3) is 4.28. The summed E-state index contributed by atoms with van der Waals surface area (Å²) < 4.78 is 27.8.